The Bertz CT molecular complexity index is 1040. The number of thioether (sulfide) groups is 1. The molecule has 120 valence electrons. The minimum atomic E-state index is -0.194. The van der Waals surface area contributed by atoms with E-state index in [9.17, 15) is 4.79 Å². The quantitative estimate of drug-likeness (QED) is 0.496. The van der Waals surface area contributed by atoms with Crippen LogP contribution in [0.25, 0.3) is 15.7 Å². The number of hydrogen-bond acceptors (Lipinski definition) is 6. The standard InChI is InChI=1S/C16H10ClN3O2S2/c17-10-3-5-12(6-4-10)23-9-11-8-14(21)20-16(18-11)24-15(19-20)13-2-1-7-22-13/h1-8H,9H2. The van der Waals surface area contributed by atoms with Crippen LogP contribution in [0.5, 0.6) is 0 Å². The van der Waals surface area contributed by atoms with E-state index < -0.39 is 0 Å². The minimum absolute atomic E-state index is 0.194. The van der Waals surface area contributed by atoms with Gasteiger partial charge in [-0.25, -0.2) is 4.98 Å². The van der Waals surface area contributed by atoms with Crippen molar-refractivity contribution in [3.8, 4) is 10.8 Å². The third-order valence-electron chi connectivity index (χ3n) is 3.23. The molecule has 0 aliphatic rings. The first-order valence-corrected chi connectivity index (χ1v) is 9.19. The molecule has 8 heteroatoms. The maximum absolute atomic E-state index is 12.2. The molecule has 0 spiro atoms. The maximum atomic E-state index is 12.2. The normalized spacial score (nSPS) is 11.2. The van der Waals surface area contributed by atoms with Crippen molar-refractivity contribution in [1.29, 1.82) is 0 Å². The van der Waals surface area contributed by atoms with E-state index in [1.807, 2.05) is 24.3 Å². The summed E-state index contributed by atoms with van der Waals surface area (Å²) in [5, 5.41) is 5.60. The molecule has 4 aromatic rings. The first-order chi connectivity index (χ1) is 11.7. The van der Waals surface area contributed by atoms with Crippen LogP contribution in [0, 0.1) is 0 Å². The van der Waals surface area contributed by atoms with Crippen LogP contribution in [0.4, 0.5) is 0 Å². The molecule has 3 aromatic heterocycles. The van der Waals surface area contributed by atoms with E-state index in [2.05, 4.69) is 10.1 Å². The second kappa shape index (κ2) is 6.43. The third kappa shape index (κ3) is 3.10. The Hall–Kier alpha value is -2.09. The fraction of sp³-hybridized carbons (Fsp3) is 0.0625. The zero-order chi connectivity index (χ0) is 16.5. The second-order valence-electron chi connectivity index (χ2n) is 4.91. The van der Waals surface area contributed by atoms with Crippen molar-refractivity contribution in [3.63, 3.8) is 0 Å². The number of hydrogen-bond donors (Lipinski definition) is 0. The van der Waals surface area contributed by atoms with Crippen molar-refractivity contribution in [2.45, 2.75) is 10.6 Å². The Kier molecular flexibility index (Phi) is 4.13. The summed E-state index contributed by atoms with van der Waals surface area (Å²) >= 11 is 8.81. The molecular weight excluding hydrogens is 366 g/mol. The fourth-order valence-electron chi connectivity index (χ4n) is 2.12. The van der Waals surface area contributed by atoms with Crippen molar-refractivity contribution in [2.24, 2.45) is 0 Å². The van der Waals surface area contributed by atoms with Crippen molar-refractivity contribution in [2.75, 3.05) is 0 Å². The Morgan fingerprint density at radius 2 is 2.08 bits per heavy atom. The highest BCUT2D eigenvalue weighted by molar-refractivity contribution is 7.98. The third-order valence-corrected chi connectivity index (χ3v) is 5.45. The zero-order valence-corrected chi connectivity index (χ0v) is 14.6. The summed E-state index contributed by atoms with van der Waals surface area (Å²) in [5.74, 6) is 1.23. The van der Waals surface area contributed by atoms with E-state index in [0.717, 1.165) is 10.6 Å². The van der Waals surface area contributed by atoms with Gasteiger partial charge in [-0.3, -0.25) is 4.79 Å². The average Bonchev–Trinajstić information content (AvgIpc) is 3.23. The first-order valence-electron chi connectivity index (χ1n) is 7.01. The molecule has 24 heavy (non-hydrogen) atoms. The molecular formula is C16H10ClN3O2S2. The van der Waals surface area contributed by atoms with Gasteiger partial charge < -0.3 is 4.42 Å². The summed E-state index contributed by atoms with van der Waals surface area (Å²) in [6, 6.07) is 12.7. The minimum Gasteiger partial charge on any atom is -0.462 e. The van der Waals surface area contributed by atoms with Crippen molar-refractivity contribution in [1.82, 2.24) is 14.6 Å². The highest BCUT2D eigenvalue weighted by atomic mass is 35.5. The van der Waals surface area contributed by atoms with Crippen LogP contribution in [0.1, 0.15) is 5.69 Å². The van der Waals surface area contributed by atoms with Crippen molar-refractivity contribution < 1.29 is 4.42 Å². The van der Waals surface area contributed by atoms with Gasteiger partial charge in [0.1, 0.15) is 0 Å². The second-order valence-corrected chi connectivity index (χ2v) is 7.35. The van der Waals surface area contributed by atoms with Crippen LogP contribution in [-0.4, -0.2) is 14.6 Å². The largest absolute Gasteiger partial charge is 0.462 e. The Morgan fingerprint density at radius 3 is 2.83 bits per heavy atom. The van der Waals surface area contributed by atoms with Crippen LogP contribution in [0.15, 0.2) is 62.8 Å². The monoisotopic (exact) mass is 375 g/mol. The number of furan rings is 1. The number of halogens is 1. The predicted molar refractivity (Wildman–Crippen MR) is 95.8 cm³/mol. The summed E-state index contributed by atoms with van der Waals surface area (Å²) in [6.45, 7) is 0. The lowest BCUT2D eigenvalue weighted by Crippen LogP contribution is -2.15. The van der Waals surface area contributed by atoms with E-state index in [-0.39, 0.29) is 5.56 Å². The highest BCUT2D eigenvalue weighted by Gasteiger charge is 2.12. The molecule has 0 atom stereocenters. The van der Waals surface area contributed by atoms with Gasteiger partial charge in [-0.2, -0.15) is 4.52 Å². The first kappa shape index (κ1) is 15.4. The zero-order valence-electron chi connectivity index (χ0n) is 12.2. The summed E-state index contributed by atoms with van der Waals surface area (Å²) in [5.41, 5.74) is 0.523. The van der Waals surface area contributed by atoms with Crippen molar-refractivity contribution in [3.05, 3.63) is 69.8 Å². The van der Waals surface area contributed by atoms with E-state index >= 15 is 0 Å². The van der Waals surface area contributed by atoms with E-state index in [1.54, 1.807) is 30.2 Å². The van der Waals surface area contributed by atoms with Gasteiger partial charge in [0.25, 0.3) is 5.56 Å². The van der Waals surface area contributed by atoms with Gasteiger partial charge in [-0.05, 0) is 36.4 Å². The molecule has 0 unspecified atom stereocenters. The average molecular weight is 376 g/mol. The Morgan fingerprint density at radius 1 is 1.25 bits per heavy atom. The molecule has 0 fully saturated rings. The van der Waals surface area contributed by atoms with Gasteiger partial charge in [0, 0.05) is 21.7 Å². The van der Waals surface area contributed by atoms with Crippen LogP contribution >= 0.6 is 34.7 Å². The number of nitrogens with zero attached hydrogens (tertiary/aromatic N) is 3. The number of rotatable bonds is 4. The molecule has 0 bridgehead atoms. The summed E-state index contributed by atoms with van der Waals surface area (Å²) < 4.78 is 6.63. The van der Waals surface area contributed by atoms with E-state index in [4.69, 9.17) is 16.0 Å². The van der Waals surface area contributed by atoms with E-state index in [0.29, 0.717) is 26.5 Å². The van der Waals surface area contributed by atoms with Crippen LogP contribution < -0.4 is 5.56 Å². The molecule has 0 saturated heterocycles. The van der Waals surface area contributed by atoms with Gasteiger partial charge in [0.2, 0.25) is 4.96 Å². The Balaban J connectivity index is 1.62. The molecule has 0 N–H and O–H groups in total. The Labute approximate surface area is 149 Å². The number of fused-ring (bicyclic) bond motifs is 1. The van der Waals surface area contributed by atoms with Crippen LogP contribution in [0.3, 0.4) is 0 Å². The highest BCUT2D eigenvalue weighted by Crippen LogP contribution is 2.26. The van der Waals surface area contributed by atoms with Crippen LogP contribution in [0.2, 0.25) is 5.02 Å². The van der Waals surface area contributed by atoms with Gasteiger partial charge in [0.05, 0.1) is 12.0 Å². The molecule has 5 nitrogen and oxygen atoms in total. The molecule has 0 radical (unpaired) electrons. The topological polar surface area (TPSA) is 60.4 Å². The maximum Gasteiger partial charge on any atom is 0.275 e. The molecule has 4 rings (SSSR count). The SMILES string of the molecule is O=c1cc(CSc2ccc(Cl)cc2)nc2sc(-c3ccco3)nn12. The van der Waals surface area contributed by atoms with Gasteiger partial charge in [-0.1, -0.05) is 22.9 Å². The van der Waals surface area contributed by atoms with Gasteiger partial charge in [0.15, 0.2) is 10.8 Å². The van der Waals surface area contributed by atoms with Gasteiger partial charge >= 0.3 is 0 Å². The molecule has 1 aromatic carbocycles. The van der Waals surface area contributed by atoms with Gasteiger partial charge in [-0.15, -0.1) is 16.9 Å². The number of benzene rings is 1. The molecule has 0 saturated carbocycles. The lowest BCUT2D eigenvalue weighted by atomic mass is 10.4. The molecule has 0 amide bonds. The molecule has 0 aliphatic heterocycles. The van der Waals surface area contributed by atoms with E-state index in [1.165, 1.54) is 21.9 Å². The smallest absolute Gasteiger partial charge is 0.275 e. The summed E-state index contributed by atoms with van der Waals surface area (Å²) in [4.78, 5) is 18.4. The van der Waals surface area contributed by atoms with Crippen molar-refractivity contribution >= 4 is 39.7 Å². The lowest BCUT2D eigenvalue weighted by molar-refractivity contribution is 0.580. The predicted octanol–water partition coefficient (Wildman–Crippen LogP) is 4.36. The molecule has 3 heterocycles. The van der Waals surface area contributed by atoms with Crippen LogP contribution in [-0.2, 0) is 5.75 Å². The summed E-state index contributed by atoms with van der Waals surface area (Å²) in [6.07, 6.45) is 1.58. The molecule has 0 aliphatic carbocycles. The fourth-order valence-corrected chi connectivity index (χ4v) is 3.93. The number of aromatic nitrogens is 3. The summed E-state index contributed by atoms with van der Waals surface area (Å²) in [7, 11) is 0. The lowest BCUT2D eigenvalue weighted by Gasteiger charge is -2.01.